The van der Waals surface area contributed by atoms with Crippen LogP contribution in [0.3, 0.4) is 0 Å². The molecule has 4 rings (SSSR count). The number of carbonyl (C=O) groups is 1. The van der Waals surface area contributed by atoms with Crippen molar-refractivity contribution in [1.82, 2.24) is 25.1 Å². The van der Waals surface area contributed by atoms with Gasteiger partial charge in [0.15, 0.2) is 11.5 Å². The molecule has 164 valence electrons. The first kappa shape index (κ1) is 21.3. The van der Waals surface area contributed by atoms with Gasteiger partial charge in [-0.05, 0) is 53.1 Å². The van der Waals surface area contributed by atoms with E-state index in [1.54, 1.807) is 36.3 Å². The molecular weight excluding hydrogens is 408 g/mol. The molecule has 0 saturated carbocycles. The van der Waals surface area contributed by atoms with Crippen LogP contribution in [0.2, 0.25) is 0 Å². The monoisotopic (exact) mass is 432 g/mol. The molecule has 2 aromatic carbocycles. The minimum atomic E-state index is 0.0274. The van der Waals surface area contributed by atoms with E-state index in [0.717, 1.165) is 24.9 Å². The number of carbonyl (C=O) groups excluding carboxylic acids is 1. The number of methoxy groups -OCH3 is 1. The Kier molecular flexibility index (Phi) is 6.60. The van der Waals surface area contributed by atoms with Gasteiger partial charge < -0.3 is 14.4 Å². The molecule has 2 heterocycles. The van der Waals surface area contributed by atoms with E-state index < -0.39 is 0 Å². The van der Waals surface area contributed by atoms with Gasteiger partial charge in [-0.2, -0.15) is 5.26 Å². The van der Waals surface area contributed by atoms with Crippen LogP contribution in [-0.4, -0.2) is 57.8 Å². The molecule has 1 unspecified atom stereocenters. The maximum atomic E-state index is 13.0. The standard InChI is InChI=1S/C23H24N6O3/c1-31-22-11-18(12-24)6-9-21(22)32-15-19-3-2-10-28(13-19)23(30)20-7-4-17(5-8-20)14-29-16-25-26-27-29/h4-9,11,16,19H,2-3,10,13-15H2,1H3. The molecule has 1 aliphatic rings. The highest BCUT2D eigenvalue weighted by Crippen LogP contribution is 2.29. The average molecular weight is 432 g/mol. The Bertz CT molecular complexity index is 1090. The van der Waals surface area contributed by atoms with Crippen LogP contribution in [0.5, 0.6) is 11.5 Å². The third-order valence-electron chi connectivity index (χ3n) is 5.51. The molecule has 1 aromatic heterocycles. The number of nitrogens with zero attached hydrogens (tertiary/aromatic N) is 6. The van der Waals surface area contributed by atoms with Crippen molar-refractivity contribution in [2.75, 3.05) is 26.8 Å². The Morgan fingerprint density at radius 3 is 2.78 bits per heavy atom. The van der Waals surface area contributed by atoms with Crippen molar-refractivity contribution < 1.29 is 14.3 Å². The fourth-order valence-corrected chi connectivity index (χ4v) is 3.82. The predicted octanol–water partition coefficient (Wildman–Crippen LogP) is 2.53. The Morgan fingerprint density at radius 2 is 2.06 bits per heavy atom. The summed E-state index contributed by atoms with van der Waals surface area (Å²) in [6.07, 6.45) is 3.48. The van der Waals surface area contributed by atoms with Crippen molar-refractivity contribution in [3.63, 3.8) is 0 Å². The van der Waals surface area contributed by atoms with Crippen molar-refractivity contribution in [3.8, 4) is 17.6 Å². The molecule has 1 aliphatic heterocycles. The van der Waals surface area contributed by atoms with Gasteiger partial charge in [-0.15, -0.1) is 5.10 Å². The average Bonchev–Trinajstić information content (AvgIpc) is 3.36. The summed E-state index contributed by atoms with van der Waals surface area (Å²) in [5.41, 5.74) is 2.21. The van der Waals surface area contributed by atoms with Crippen molar-refractivity contribution >= 4 is 5.91 Å². The van der Waals surface area contributed by atoms with Crippen molar-refractivity contribution in [1.29, 1.82) is 5.26 Å². The van der Waals surface area contributed by atoms with E-state index in [9.17, 15) is 4.79 Å². The molecule has 0 radical (unpaired) electrons. The number of rotatable bonds is 7. The lowest BCUT2D eigenvalue weighted by atomic mass is 9.98. The number of hydrogen-bond donors (Lipinski definition) is 0. The predicted molar refractivity (Wildman–Crippen MR) is 115 cm³/mol. The van der Waals surface area contributed by atoms with E-state index in [1.807, 2.05) is 29.2 Å². The smallest absolute Gasteiger partial charge is 0.253 e. The van der Waals surface area contributed by atoms with Gasteiger partial charge in [0.05, 0.1) is 31.9 Å². The first-order valence-corrected chi connectivity index (χ1v) is 10.5. The molecule has 9 nitrogen and oxygen atoms in total. The first-order valence-electron chi connectivity index (χ1n) is 10.5. The summed E-state index contributed by atoms with van der Waals surface area (Å²) in [4.78, 5) is 14.9. The molecule has 0 spiro atoms. The zero-order valence-corrected chi connectivity index (χ0v) is 17.8. The Hall–Kier alpha value is -3.93. The highest BCUT2D eigenvalue weighted by molar-refractivity contribution is 5.94. The zero-order valence-electron chi connectivity index (χ0n) is 17.8. The van der Waals surface area contributed by atoms with Gasteiger partial charge in [0, 0.05) is 30.6 Å². The SMILES string of the molecule is COc1cc(C#N)ccc1OCC1CCCN(C(=O)c2ccc(Cn3cnnn3)cc2)C1. The molecule has 0 aliphatic carbocycles. The molecule has 9 heteroatoms. The van der Waals surface area contributed by atoms with Gasteiger partial charge in [-0.3, -0.25) is 4.79 Å². The summed E-state index contributed by atoms with van der Waals surface area (Å²) in [6, 6.07) is 14.8. The van der Waals surface area contributed by atoms with Gasteiger partial charge in [0.25, 0.3) is 5.91 Å². The summed E-state index contributed by atoms with van der Waals surface area (Å²) in [6.45, 7) is 2.42. The number of ether oxygens (including phenoxy) is 2. The summed E-state index contributed by atoms with van der Waals surface area (Å²) >= 11 is 0. The Morgan fingerprint density at radius 1 is 1.22 bits per heavy atom. The normalized spacial score (nSPS) is 15.8. The van der Waals surface area contributed by atoms with Crippen molar-refractivity contribution in [2.45, 2.75) is 19.4 Å². The van der Waals surface area contributed by atoms with Crippen LogP contribution < -0.4 is 9.47 Å². The minimum absolute atomic E-state index is 0.0274. The number of aromatic nitrogens is 4. The lowest BCUT2D eigenvalue weighted by molar-refractivity contribution is 0.0632. The lowest BCUT2D eigenvalue weighted by Gasteiger charge is -2.33. The van der Waals surface area contributed by atoms with Crippen LogP contribution in [0.4, 0.5) is 0 Å². The topological polar surface area (TPSA) is 106 Å². The second-order valence-electron chi connectivity index (χ2n) is 7.75. The van der Waals surface area contributed by atoms with E-state index in [-0.39, 0.29) is 11.8 Å². The van der Waals surface area contributed by atoms with E-state index in [2.05, 4.69) is 21.6 Å². The second-order valence-corrected chi connectivity index (χ2v) is 7.75. The molecule has 1 fully saturated rings. The molecule has 1 atom stereocenters. The Balaban J connectivity index is 1.34. The maximum absolute atomic E-state index is 13.0. The molecule has 3 aromatic rings. The number of nitriles is 1. The summed E-state index contributed by atoms with van der Waals surface area (Å²) in [5.74, 6) is 1.40. The van der Waals surface area contributed by atoms with Crippen molar-refractivity contribution in [3.05, 3.63) is 65.5 Å². The van der Waals surface area contributed by atoms with Crippen LogP contribution in [0, 0.1) is 17.2 Å². The fraction of sp³-hybridized carbons (Fsp3) is 0.348. The van der Waals surface area contributed by atoms with E-state index in [4.69, 9.17) is 14.7 Å². The molecule has 1 saturated heterocycles. The van der Waals surface area contributed by atoms with Crippen LogP contribution >= 0.6 is 0 Å². The summed E-state index contributed by atoms with van der Waals surface area (Å²) < 4.78 is 12.9. The third-order valence-corrected chi connectivity index (χ3v) is 5.51. The maximum Gasteiger partial charge on any atom is 0.253 e. The highest BCUT2D eigenvalue weighted by atomic mass is 16.5. The molecular formula is C23H24N6O3. The number of benzene rings is 2. The number of tetrazole rings is 1. The highest BCUT2D eigenvalue weighted by Gasteiger charge is 2.25. The zero-order chi connectivity index (χ0) is 22.3. The summed E-state index contributed by atoms with van der Waals surface area (Å²) in [5, 5.41) is 20.1. The van der Waals surface area contributed by atoms with Gasteiger partial charge in [-0.1, -0.05) is 12.1 Å². The van der Waals surface area contributed by atoms with E-state index in [0.29, 0.717) is 42.3 Å². The van der Waals surface area contributed by atoms with Gasteiger partial charge in [0.1, 0.15) is 6.33 Å². The second kappa shape index (κ2) is 9.92. The molecule has 0 bridgehead atoms. The lowest BCUT2D eigenvalue weighted by Crippen LogP contribution is -2.41. The van der Waals surface area contributed by atoms with Crippen molar-refractivity contribution in [2.24, 2.45) is 5.92 Å². The first-order chi connectivity index (χ1) is 15.7. The largest absolute Gasteiger partial charge is 0.493 e. The van der Waals surface area contributed by atoms with Crippen LogP contribution in [0.1, 0.15) is 34.3 Å². The van der Waals surface area contributed by atoms with E-state index in [1.165, 1.54) is 0 Å². The van der Waals surface area contributed by atoms with Gasteiger partial charge in [0.2, 0.25) is 0 Å². The van der Waals surface area contributed by atoms with Gasteiger partial charge in [-0.25, -0.2) is 4.68 Å². The number of likely N-dealkylation sites (tertiary alicyclic amines) is 1. The molecule has 0 N–H and O–H groups in total. The van der Waals surface area contributed by atoms with E-state index >= 15 is 0 Å². The number of piperidine rings is 1. The number of hydrogen-bond acceptors (Lipinski definition) is 7. The van der Waals surface area contributed by atoms with Gasteiger partial charge >= 0.3 is 0 Å². The quantitative estimate of drug-likeness (QED) is 0.565. The number of amides is 1. The van der Waals surface area contributed by atoms with Crippen LogP contribution in [0.25, 0.3) is 0 Å². The summed E-state index contributed by atoms with van der Waals surface area (Å²) in [7, 11) is 1.55. The third kappa shape index (κ3) is 5.03. The van der Waals surface area contributed by atoms with Crippen LogP contribution in [-0.2, 0) is 6.54 Å². The molecule has 32 heavy (non-hydrogen) atoms. The Labute approximate surface area is 186 Å². The minimum Gasteiger partial charge on any atom is -0.493 e. The molecule has 1 amide bonds. The fourth-order valence-electron chi connectivity index (χ4n) is 3.82. The van der Waals surface area contributed by atoms with Crippen LogP contribution in [0.15, 0.2) is 48.8 Å².